The number of hydrogen-bond donors (Lipinski definition) is 2. The van der Waals surface area contributed by atoms with Crippen molar-refractivity contribution in [1.29, 1.82) is 0 Å². The van der Waals surface area contributed by atoms with E-state index in [0.29, 0.717) is 6.42 Å². The lowest BCUT2D eigenvalue weighted by molar-refractivity contribution is 0.0919. The molecule has 1 aliphatic carbocycles. The smallest absolute Gasteiger partial charge is 0.113 e. The Morgan fingerprint density at radius 1 is 1.17 bits per heavy atom. The van der Waals surface area contributed by atoms with Crippen LogP contribution in [0, 0.1) is 0 Å². The number of rotatable bonds is 0. The maximum atomic E-state index is 9.48. The molecule has 70 valence electrons. The molecule has 0 amide bonds. The number of aliphatic hydroxyl groups is 2. The van der Waals surface area contributed by atoms with E-state index < -0.39 is 23.0 Å². The van der Waals surface area contributed by atoms with Crippen molar-refractivity contribution in [1.82, 2.24) is 0 Å². The SMILES string of the molecule is O[C@@H]1[C@@H]2O[C@@H]2[C@@H](Cl)[C@H](O)C[C@H]1Cl. The van der Waals surface area contributed by atoms with E-state index in [2.05, 4.69) is 0 Å². The second-order valence-corrected chi connectivity index (χ2v) is 4.38. The molecule has 12 heavy (non-hydrogen) atoms. The average Bonchev–Trinajstić information content (AvgIpc) is 2.79. The number of alkyl halides is 2. The van der Waals surface area contributed by atoms with Crippen molar-refractivity contribution in [3.63, 3.8) is 0 Å². The van der Waals surface area contributed by atoms with E-state index in [1.165, 1.54) is 0 Å². The van der Waals surface area contributed by atoms with Crippen LogP contribution in [0.15, 0.2) is 0 Å². The number of hydrogen-bond acceptors (Lipinski definition) is 3. The first-order valence-electron chi connectivity index (χ1n) is 3.91. The summed E-state index contributed by atoms with van der Waals surface area (Å²) in [5.41, 5.74) is 0. The Morgan fingerprint density at radius 3 is 2.50 bits per heavy atom. The van der Waals surface area contributed by atoms with Gasteiger partial charge in [0.1, 0.15) is 12.2 Å². The number of ether oxygens (including phenoxy) is 1. The van der Waals surface area contributed by atoms with E-state index in [-0.39, 0.29) is 12.2 Å². The summed E-state index contributed by atoms with van der Waals surface area (Å²) in [6.07, 6.45) is -1.54. The molecular weight excluding hydrogens is 203 g/mol. The molecule has 5 heteroatoms. The summed E-state index contributed by atoms with van der Waals surface area (Å²) >= 11 is 11.7. The number of fused-ring (bicyclic) bond motifs is 1. The highest BCUT2D eigenvalue weighted by molar-refractivity contribution is 6.23. The molecule has 2 aliphatic rings. The predicted molar refractivity (Wildman–Crippen MR) is 44.6 cm³/mol. The van der Waals surface area contributed by atoms with Gasteiger partial charge in [-0.05, 0) is 6.42 Å². The summed E-state index contributed by atoms with van der Waals surface area (Å²) in [6, 6.07) is 0. The van der Waals surface area contributed by atoms with Crippen molar-refractivity contribution in [2.24, 2.45) is 0 Å². The third kappa shape index (κ3) is 1.34. The van der Waals surface area contributed by atoms with Gasteiger partial charge < -0.3 is 14.9 Å². The molecular formula is C7H10Cl2O3. The molecule has 0 radical (unpaired) electrons. The highest BCUT2D eigenvalue weighted by Crippen LogP contribution is 2.39. The molecule has 2 N–H and O–H groups in total. The van der Waals surface area contributed by atoms with Gasteiger partial charge in [0, 0.05) is 0 Å². The van der Waals surface area contributed by atoms with Gasteiger partial charge in [-0.2, -0.15) is 0 Å². The zero-order valence-corrected chi connectivity index (χ0v) is 7.74. The first-order chi connectivity index (χ1) is 5.61. The van der Waals surface area contributed by atoms with E-state index >= 15 is 0 Å². The average molecular weight is 213 g/mol. The number of aliphatic hydroxyl groups excluding tert-OH is 2. The quantitative estimate of drug-likeness (QED) is 0.443. The largest absolute Gasteiger partial charge is 0.391 e. The van der Waals surface area contributed by atoms with Gasteiger partial charge >= 0.3 is 0 Å². The normalized spacial score (nSPS) is 59.0. The van der Waals surface area contributed by atoms with Gasteiger partial charge in [-0.1, -0.05) is 0 Å². The minimum Gasteiger partial charge on any atom is -0.391 e. The molecule has 1 aliphatic heterocycles. The maximum absolute atomic E-state index is 9.48. The Kier molecular flexibility index (Phi) is 2.25. The lowest BCUT2D eigenvalue weighted by atomic mass is 10.1. The van der Waals surface area contributed by atoms with Crippen LogP contribution in [0.3, 0.4) is 0 Å². The first kappa shape index (κ1) is 9.03. The summed E-state index contributed by atoms with van der Waals surface area (Å²) in [7, 11) is 0. The van der Waals surface area contributed by atoms with Crippen LogP contribution >= 0.6 is 23.2 Å². The monoisotopic (exact) mass is 212 g/mol. The molecule has 0 aromatic heterocycles. The van der Waals surface area contributed by atoms with Crippen LogP contribution in [-0.4, -0.2) is 45.4 Å². The third-order valence-electron chi connectivity index (χ3n) is 2.42. The van der Waals surface area contributed by atoms with Crippen molar-refractivity contribution in [2.45, 2.75) is 41.6 Å². The fraction of sp³-hybridized carbons (Fsp3) is 1.00. The van der Waals surface area contributed by atoms with Crippen LogP contribution in [0.5, 0.6) is 0 Å². The van der Waals surface area contributed by atoms with Crippen molar-refractivity contribution in [3.05, 3.63) is 0 Å². The summed E-state index contributed by atoms with van der Waals surface area (Å²) < 4.78 is 5.10. The fourth-order valence-electron chi connectivity index (χ4n) is 1.59. The highest BCUT2D eigenvalue weighted by Gasteiger charge is 2.55. The maximum Gasteiger partial charge on any atom is 0.113 e. The van der Waals surface area contributed by atoms with Gasteiger partial charge in [-0.3, -0.25) is 0 Å². The molecule has 0 bridgehead atoms. The standard InChI is InChI=1S/C7H10Cl2O3/c8-2-1-3(10)4(9)6-7(12-6)5(2)11/h2-7,10-11H,1H2/t2-,3-,4+,5+,6-,7+/m1/s1. The molecule has 0 aromatic rings. The number of epoxide rings is 1. The Hall–Kier alpha value is 0.460. The van der Waals surface area contributed by atoms with Gasteiger partial charge in [0.2, 0.25) is 0 Å². The first-order valence-corrected chi connectivity index (χ1v) is 4.78. The lowest BCUT2D eigenvalue weighted by Crippen LogP contribution is -2.28. The van der Waals surface area contributed by atoms with Crippen molar-refractivity contribution in [3.8, 4) is 0 Å². The van der Waals surface area contributed by atoms with Gasteiger partial charge in [0.15, 0.2) is 0 Å². The predicted octanol–water partition coefficient (Wildman–Crippen LogP) is 0.0941. The molecule has 0 spiro atoms. The number of halogens is 2. The third-order valence-corrected chi connectivity index (χ3v) is 3.39. The van der Waals surface area contributed by atoms with Crippen LogP contribution in [0.2, 0.25) is 0 Å². The van der Waals surface area contributed by atoms with E-state index in [0.717, 1.165) is 0 Å². The second kappa shape index (κ2) is 3.00. The molecule has 3 nitrogen and oxygen atoms in total. The summed E-state index contributed by atoms with van der Waals surface area (Å²) in [4.78, 5) is 0. The van der Waals surface area contributed by atoms with Crippen molar-refractivity contribution < 1.29 is 14.9 Å². The van der Waals surface area contributed by atoms with Crippen LogP contribution in [-0.2, 0) is 4.74 Å². The Bertz CT molecular complexity index is 167. The topological polar surface area (TPSA) is 53.0 Å². The van der Waals surface area contributed by atoms with Crippen molar-refractivity contribution >= 4 is 23.2 Å². The Morgan fingerprint density at radius 2 is 1.83 bits per heavy atom. The molecule has 1 heterocycles. The van der Waals surface area contributed by atoms with Crippen LogP contribution in [0.25, 0.3) is 0 Å². The van der Waals surface area contributed by atoms with Gasteiger partial charge in [0.05, 0.1) is 23.0 Å². The highest BCUT2D eigenvalue weighted by atomic mass is 35.5. The zero-order valence-electron chi connectivity index (χ0n) is 6.23. The Balaban J connectivity index is 2.11. The van der Waals surface area contributed by atoms with Gasteiger partial charge in [-0.25, -0.2) is 0 Å². The lowest BCUT2D eigenvalue weighted by Gasteiger charge is -2.17. The summed E-state index contributed by atoms with van der Waals surface area (Å²) in [6.45, 7) is 0. The van der Waals surface area contributed by atoms with E-state index in [9.17, 15) is 10.2 Å². The Labute approximate surface area is 80.2 Å². The van der Waals surface area contributed by atoms with E-state index in [1.807, 2.05) is 0 Å². The van der Waals surface area contributed by atoms with Crippen molar-refractivity contribution in [2.75, 3.05) is 0 Å². The summed E-state index contributed by atoms with van der Waals surface area (Å²) in [5.74, 6) is 0. The molecule has 0 unspecified atom stereocenters. The molecule has 6 atom stereocenters. The fourth-order valence-corrected chi connectivity index (χ4v) is 2.22. The van der Waals surface area contributed by atoms with E-state index in [4.69, 9.17) is 27.9 Å². The molecule has 1 saturated heterocycles. The second-order valence-electron chi connectivity index (χ2n) is 3.32. The van der Waals surface area contributed by atoms with Crippen LogP contribution < -0.4 is 0 Å². The minimum atomic E-state index is -0.699. The zero-order chi connectivity index (χ0) is 8.88. The minimum absolute atomic E-state index is 0.222. The molecule has 1 saturated carbocycles. The molecule has 2 fully saturated rings. The van der Waals surface area contributed by atoms with Gasteiger partial charge in [-0.15, -0.1) is 23.2 Å². The van der Waals surface area contributed by atoms with Gasteiger partial charge in [0.25, 0.3) is 0 Å². The van der Waals surface area contributed by atoms with Crippen LogP contribution in [0.1, 0.15) is 6.42 Å². The van der Waals surface area contributed by atoms with Crippen LogP contribution in [0.4, 0.5) is 0 Å². The molecule has 2 rings (SSSR count). The molecule has 0 aromatic carbocycles. The van der Waals surface area contributed by atoms with E-state index in [1.54, 1.807) is 0 Å². The summed E-state index contributed by atoms with van der Waals surface area (Å²) in [5, 5.41) is 18.0.